The second-order valence-electron chi connectivity index (χ2n) is 6.32. The molecule has 0 unspecified atom stereocenters. The van der Waals surface area contributed by atoms with Crippen molar-refractivity contribution in [1.82, 2.24) is 10.2 Å². The summed E-state index contributed by atoms with van der Waals surface area (Å²) in [5, 5.41) is 6.77. The third-order valence-corrected chi connectivity index (χ3v) is 4.94. The van der Waals surface area contributed by atoms with Crippen LogP contribution in [0.2, 0.25) is 0 Å². The van der Waals surface area contributed by atoms with Crippen LogP contribution in [0.4, 0.5) is 5.69 Å². The number of fused-ring (bicyclic) bond motifs is 1. The summed E-state index contributed by atoms with van der Waals surface area (Å²) in [6.45, 7) is 0.924. The quantitative estimate of drug-likeness (QED) is 0.836. The Hall–Kier alpha value is -1.88. The van der Waals surface area contributed by atoms with Crippen molar-refractivity contribution in [3.8, 4) is 0 Å². The van der Waals surface area contributed by atoms with Crippen molar-refractivity contribution in [2.75, 3.05) is 26.0 Å². The van der Waals surface area contributed by atoms with Crippen LogP contribution < -0.4 is 10.6 Å². The van der Waals surface area contributed by atoms with Crippen LogP contribution in [0.15, 0.2) is 18.2 Å². The van der Waals surface area contributed by atoms with Crippen LogP contribution in [-0.4, -0.2) is 43.4 Å². The smallest absolute Gasteiger partial charge is 0.261 e. The summed E-state index contributed by atoms with van der Waals surface area (Å²) < 4.78 is 0. The Kier molecular flexibility index (Phi) is 4.16. The van der Waals surface area contributed by atoms with Gasteiger partial charge in [0.05, 0.1) is 11.1 Å². The number of nitrogens with one attached hydrogen (secondary N) is 2. The highest BCUT2D eigenvalue weighted by molar-refractivity contribution is 6.21. The molecule has 22 heavy (non-hydrogen) atoms. The lowest BCUT2D eigenvalue weighted by Gasteiger charge is -2.28. The molecule has 5 nitrogen and oxygen atoms in total. The summed E-state index contributed by atoms with van der Waals surface area (Å²) >= 11 is 0. The fraction of sp³-hybridized carbons (Fsp3) is 0.529. The molecule has 0 spiro atoms. The van der Waals surface area contributed by atoms with Crippen LogP contribution >= 0.6 is 0 Å². The number of anilines is 1. The summed E-state index contributed by atoms with van der Waals surface area (Å²) in [5.74, 6) is 0.257. The molecule has 118 valence electrons. The number of benzene rings is 1. The standard InChI is InChI=1S/C17H23N3O2/c1-18-12-5-3-11(4-6-12)10-19-13-7-8-14-15(9-13)17(22)20(2)16(14)21/h7-9,11-12,18-19H,3-6,10H2,1-2H3. The third kappa shape index (κ3) is 2.73. The number of nitrogens with zero attached hydrogens (tertiary/aromatic N) is 1. The van der Waals surface area contributed by atoms with Crippen molar-refractivity contribution in [2.45, 2.75) is 31.7 Å². The van der Waals surface area contributed by atoms with Crippen molar-refractivity contribution in [3.05, 3.63) is 29.3 Å². The molecule has 3 rings (SSSR count). The van der Waals surface area contributed by atoms with Gasteiger partial charge in [-0.05, 0) is 56.8 Å². The molecule has 1 aliphatic carbocycles. The van der Waals surface area contributed by atoms with Crippen molar-refractivity contribution >= 4 is 17.5 Å². The van der Waals surface area contributed by atoms with Crippen LogP contribution in [0.1, 0.15) is 46.4 Å². The molecule has 1 aliphatic heterocycles. The molecule has 0 bridgehead atoms. The molecule has 1 aromatic rings. The molecule has 0 atom stereocenters. The molecule has 1 aromatic carbocycles. The molecule has 2 amide bonds. The maximum absolute atomic E-state index is 12.0. The first-order valence-corrected chi connectivity index (χ1v) is 7.97. The Morgan fingerprint density at radius 3 is 2.45 bits per heavy atom. The zero-order chi connectivity index (χ0) is 15.7. The molecule has 1 heterocycles. The third-order valence-electron chi connectivity index (χ3n) is 4.94. The van der Waals surface area contributed by atoms with Gasteiger partial charge in [0.1, 0.15) is 0 Å². The number of hydrogen-bond donors (Lipinski definition) is 2. The lowest BCUT2D eigenvalue weighted by atomic mass is 9.86. The van der Waals surface area contributed by atoms with Crippen molar-refractivity contribution in [3.63, 3.8) is 0 Å². The topological polar surface area (TPSA) is 61.4 Å². The van der Waals surface area contributed by atoms with Gasteiger partial charge in [-0.25, -0.2) is 0 Å². The van der Waals surface area contributed by atoms with Crippen molar-refractivity contribution < 1.29 is 9.59 Å². The normalized spacial score (nSPS) is 24.5. The molecular formula is C17H23N3O2. The predicted molar refractivity (Wildman–Crippen MR) is 86.2 cm³/mol. The summed E-state index contributed by atoms with van der Waals surface area (Å²) in [6.07, 6.45) is 4.91. The summed E-state index contributed by atoms with van der Waals surface area (Å²) in [4.78, 5) is 25.0. The first-order valence-electron chi connectivity index (χ1n) is 7.97. The van der Waals surface area contributed by atoms with E-state index < -0.39 is 0 Å². The lowest BCUT2D eigenvalue weighted by Crippen LogP contribution is -2.32. The molecule has 0 saturated heterocycles. The van der Waals surface area contributed by atoms with E-state index >= 15 is 0 Å². The van der Waals surface area contributed by atoms with E-state index in [4.69, 9.17) is 0 Å². The minimum Gasteiger partial charge on any atom is -0.385 e. The Morgan fingerprint density at radius 1 is 1.09 bits per heavy atom. The highest BCUT2D eigenvalue weighted by Gasteiger charge is 2.32. The monoisotopic (exact) mass is 301 g/mol. The average molecular weight is 301 g/mol. The molecule has 5 heteroatoms. The van der Waals surface area contributed by atoms with Crippen LogP contribution in [0.5, 0.6) is 0 Å². The fourth-order valence-corrected chi connectivity index (χ4v) is 3.39. The largest absolute Gasteiger partial charge is 0.385 e. The first kappa shape index (κ1) is 15.0. The molecule has 1 saturated carbocycles. The summed E-state index contributed by atoms with van der Waals surface area (Å²) in [6, 6.07) is 6.11. The Morgan fingerprint density at radius 2 is 1.77 bits per heavy atom. The van der Waals surface area contributed by atoms with Gasteiger partial charge in [0.25, 0.3) is 11.8 Å². The molecule has 2 aliphatic rings. The number of carbonyl (C=O) groups excluding carboxylic acids is 2. The second-order valence-corrected chi connectivity index (χ2v) is 6.32. The highest BCUT2D eigenvalue weighted by atomic mass is 16.2. The van der Waals surface area contributed by atoms with E-state index in [9.17, 15) is 9.59 Å². The van der Waals surface area contributed by atoms with Gasteiger partial charge in [-0.15, -0.1) is 0 Å². The van der Waals surface area contributed by atoms with E-state index in [0.29, 0.717) is 23.1 Å². The van der Waals surface area contributed by atoms with Crippen molar-refractivity contribution in [1.29, 1.82) is 0 Å². The van der Waals surface area contributed by atoms with Gasteiger partial charge in [-0.2, -0.15) is 0 Å². The van der Waals surface area contributed by atoms with Crippen LogP contribution in [0, 0.1) is 5.92 Å². The van der Waals surface area contributed by atoms with Gasteiger partial charge in [0, 0.05) is 25.3 Å². The number of amides is 2. The van der Waals surface area contributed by atoms with E-state index in [2.05, 4.69) is 10.6 Å². The first-order chi connectivity index (χ1) is 10.6. The van der Waals surface area contributed by atoms with E-state index in [0.717, 1.165) is 12.2 Å². The van der Waals surface area contributed by atoms with Gasteiger partial charge >= 0.3 is 0 Å². The zero-order valence-electron chi connectivity index (χ0n) is 13.2. The van der Waals surface area contributed by atoms with Crippen molar-refractivity contribution in [2.24, 2.45) is 5.92 Å². The van der Waals surface area contributed by atoms with E-state index in [1.54, 1.807) is 12.1 Å². The minimum absolute atomic E-state index is 0.210. The average Bonchev–Trinajstić information content (AvgIpc) is 2.78. The van der Waals surface area contributed by atoms with Crippen LogP contribution in [0.25, 0.3) is 0 Å². The second kappa shape index (κ2) is 6.08. The van der Waals surface area contributed by atoms with E-state index in [1.807, 2.05) is 13.1 Å². The lowest BCUT2D eigenvalue weighted by molar-refractivity contribution is 0.0693. The fourth-order valence-electron chi connectivity index (χ4n) is 3.39. The predicted octanol–water partition coefficient (Wildman–Crippen LogP) is 2.10. The van der Waals surface area contributed by atoms with E-state index in [-0.39, 0.29) is 11.8 Å². The van der Waals surface area contributed by atoms with E-state index in [1.165, 1.54) is 37.6 Å². The molecule has 0 radical (unpaired) electrons. The van der Waals surface area contributed by atoms with Gasteiger partial charge < -0.3 is 10.6 Å². The maximum Gasteiger partial charge on any atom is 0.261 e. The number of imide groups is 1. The van der Waals surface area contributed by atoms with Gasteiger partial charge in [-0.1, -0.05) is 0 Å². The van der Waals surface area contributed by atoms with Crippen LogP contribution in [0.3, 0.4) is 0 Å². The minimum atomic E-state index is -0.211. The Balaban J connectivity index is 1.61. The van der Waals surface area contributed by atoms with Gasteiger partial charge in [0.15, 0.2) is 0 Å². The molecule has 2 N–H and O–H groups in total. The number of carbonyl (C=O) groups is 2. The molecule has 1 fully saturated rings. The maximum atomic E-state index is 12.0. The van der Waals surface area contributed by atoms with Gasteiger partial charge in [0.2, 0.25) is 0 Å². The Labute approximate surface area is 131 Å². The summed E-state index contributed by atoms with van der Waals surface area (Å²) in [7, 11) is 3.56. The highest BCUT2D eigenvalue weighted by Crippen LogP contribution is 2.27. The molecular weight excluding hydrogens is 278 g/mol. The summed E-state index contributed by atoms with van der Waals surface area (Å²) in [5.41, 5.74) is 1.94. The molecule has 0 aromatic heterocycles. The van der Waals surface area contributed by atoms with Gasteiger partial charge in [-0.3, -0.25) is 14.5 Å². The van der Waals surface area contributed by atoms with Crippen LogP contribution in [-0.2, 0) is 0 Å². The number of rotatable bonds is 4. The zero-order valence-corrected chi connectivity index (χ0v) is 13.2. The number of hydrogen-bond acceptors (Lipinski definition) is 4. The Bertz CT molecular complexity index is 592. The SMILES string of the molecule is CNC1CCC(CNc2ccc3c(c2)C(=O)N(C)C3=O)CC1.